The van der Waals surface area contributed by atoms with Crippen molar-refractivity contribution in [2.75, 3.05) is 80.6 Å². The molecule has 2 aromatic heterocycles. The Bertz CT molecular complexity index is 1240. The number of anilines is 3. The number of nitrogens with zero attached hydrogens (tertiary/aromatic N) is 5. The van der Waals surface area contributed by atoms with Crippen LogP contribution in [-0.4, -0.2) is 85.3 Å². The van der Waals surface area contributed by atoms with Crippen molar-refractivity contribution in [1.29, 1.82) is 0 Å². The zero-order valence-corrected chi connectivity index (χ0v) is 20.5. The van der Waals surface area contributed by atoms with E-state index in [9.17, 15) is 26.3 Å². The summed E-state index contributed by atoms with van der Waals surface area (Å²) in [6.07, 6.45) is -7.75. The number of imidazole rings is 1. The van der Waals surface area contributed by atoms with Crippen LogP contribution in [0.5, 0.6) is 0 Å². The van der Waals surface area contributed by atoms with Crippen LogP contribution in [0.25, 0.3) is 11.0 Å². The second-order valence-electron chi connectivity index (χ2n) is 9.34. The summed E-state index contributed by atoms with van der Waals surface area (Å²) >= 11 is 0. The second kappa shape index (κ2) is 10.5. The molecule has 14 heteroatoms. The highest BCUT2D eigenvalue weighted by Crippen LogP contribution is 2.38. The van der Waals surface area contributed by atoms with Crippen molar-refractivity contribution >= 4 is 28.5 Å². The summed E-state index contributed by atoms with van der Waals surface area (Å²) in [5, 5.41) is 6.18. The van der Waals surface area contributed by atoms with E-state index in [2.05, 4.69) is 30.5 Å². The van der Waals surface area contributed by atoms with Crippen LogP contribution in [0.15, 0.2) is 30.5 Å². The molecular formula is C24H28F6N8. The maximum absolute atomic E-state index is 13.8. The SMILES string of the molecule is FC(F)(F)c1cc2[nH]c(N3CCN(c4ncccc4C(F)(F)F)CC3)nc2cc1NCCN1CCNCC1. The fourth-order valence-corrected chi connectivity index (χ4v) is 4.86. The molecule has 8 nitrogen and oxygen atoms in total. The van der Waals surface area contributed by atoms with Crippen molar-refractivity contribution in [3.05, 3.63) is 41.6 Å². The zero-order valence-electron chi connectivity index (χ0n) is 20.5. The number of fused-ring (bicyclic) bond motifs is 1. The lowest BCUT2D eigenvalue weighted by Crippen LogP contribution is -2.47. The minimum Gasteiger partial charge on any atom is -0.383 e. The van der Waals surface area contributed by atoms with Gasteiger partial charge in [0, 0.05) is 77.3 Å². The van der Waals surface area contributed by atoms with E-state index in [1.54, 1.807) is 4.90 Å². The highest BCUT2D eigenvalue weighted by Gasteiger charge is 2.37. The number of hydrogen-bond acceptors (Lipinski definition) is 7. The van der Waals surface area contributed by atoms with Crippen LogP contribution < -0.4 is 20.4 Å². The number of halogens is 6. The third kappa shape index (κ3) is 5.75. The molecule has 0 spiro atoms. The normalized spacial score (nSPS) is 17.8. The maximum atomic E-state index is 13.8. The number of nitrogens with one attached hydrogen (secondary N) is 3. The van der Waals surface area contributed by atoms with Gasteiger partial charge in [-0.15, -0.1) is 0 Å². The van der Waals surface area contributed by atoms with E-state index < -0.39 is 23.5 Å². The van der Waals surface area contributed by atoms with Crippen molar-refractivity contribution in [2.45, 2.75) is 12.4 Å². The fraction of sp³-hybridized carbons (Fsp3) is 0.500. The lowest BCUT2D eigenvalue weighted by molar-refractivity contribution is -0.138. The molecule has 0 aliphatic carbocycles. The van der Waals surface area contributed by atoms with E-state index in [-0.39, 0.29) is 30.1 Å². The predicted octanol–water partition coefficient (Wildman–Crippen LogP) is 3.64. The van der Waals surface area contributed by atoms with Crippen LogP contribution in [0.1, 0.15) is 11.1 Å². The third-order valence-corrected chi connectivity index (χ3v) is 6.84. The number of H-pyrrole nitrogens is 1. The summed E-state index contributed by atoms with van der Waals surface area (Å²) in [5.41, 5.74) is -0.984. The number of alkyl halides is 6. The first kappa shape index (κ1) is 26.4. The Morgan fingerprint density at radius 2 is 1.55 bits per heavy atom. The summed E-state index contributed by atoms with van der Waals surface area (Å²) in [6.45, 7) is 5.56. The summed E-state index contributed by atoms with van der Waals surface area (Å²) in [6, 6.07) is 4.70. The van der Waals surface area contributed by atoms with Crippen LogP contribution in [0.2, 0.25) is 0 Å². The average Bonchev–Trinajstić information content (AvgIpc) is 3.31. The number of piperazine rings is 2. The molecule has 2 saturated heterocycles. The van der Waals surface area contributed by atoms with E-state index in [4.69, 9.17) is 0 Å². The first-order chi connectivity index (χ1) is 18.1. The van der Waals surface area contributed by atoms with Crippen molar-refractivity contribution < 1.29 is 26.3 Å². The maximum Gasteiger partial charge on any atom is 0.419 e. The molecule has 4 heterocycles. The van der Waals surface area contributed by atoms with Crippen LogP contribution in [-0.2, 0) is 12.4 Å². The van der Waals surface area contributed by atoms with Crippen molar-refractivity contribution in [3.63, 3.8) is 0 Å². The topological polar surface area (TPSA) is 75.4 Å². The molecule has 3 aromatic rings. The van der Waals surface area contributed by atoms with E-state index in [1.165, 1.54) is 18.3 Å². The van der Waals surface area contributed by atoms with Gasteiger partial charge in [-0.1, -0.05) is 0 Å². The second-order valence-corrected chi connectivity index (χ2v) is 9.34. The van der Waals surface area contributed by atoms with E-state index >= 15 is 0 Å². The van der Waals surface area contributed by atoms with Crippen LogP contribution in [0, 0.1) is 0 Å². The Hall–Kier alpha value is -3.26. The summed E-state index contributed by atoms with van der Waals surface area (Å²) < 4.78 is 81.7. The monoisotopic (exact) mass is 542 g/mol. The largest absolute Gasteiger partial charge is 0.419 e. The van der Waals surface area contributed by atoms with Gasteiger partial charge in [0.15, 0.2) is 0 Å². The Labute approximate surface area is 215 Å². The average molecular weight is 543 g/mol. The van der Waals surface area contributed by atoms with Gasteiger partial charge >= 0.3 is 12.4 Å². The highest BCUT2D eigenvalue weighted by atomic mass is 19.4. The lowest BCUT2D eigenvalue weighted by Gasteiger charge is -2.36. The number of aromatic nitrogens is 3. The standard InChI is InChI=1S/C24H28F6N8/c25-23(26,27)16-2-1-3-33-21(16)37-10-12-38(13-11-37)22-34-19-14-17(24(28,29)30)18(15-20(19)35-22)32-6-9-36-7-4-31-5-8-36/h1-3,14-15,31-32H,4-13H2,(H,34,35). The minimum atomic E-state index is -4.55. The molecule has 2 aliphatic heterocycles. The molecule has 206 valence electrons. The van der Waals surface area contributed by atoms with Crippen molar-refractivity contribution in [2.24, 2.45) is 0 Å². The molecular weight excluding hydrogens is 514 g/mol. The van der Waals surface area contributed by atoms with Gasteiger partial charge < -0.3 is 25.4 Å². The molecule has 0 bridgehead atoms. The molecule has 3 N–H and O–H groups in total. The van der Waals surface area contributed by atoms with Gasteiger partial charge in [-0.05, 0) is 24.3 Å². The third-order valence-electron chi connectivity index (χ3n) is 6.84. The lowest BCUT2D eigenvalue weighted by atomic mass is 10.1. The van der Waals surface area contributed by atoms with Gasteiger partial charge in [-0.25, -0.2) is 9.97 Å². The van der Waals surface area contributed by atoms with Gasteiger partial charge in [0.2, 0.25) is 5.95 Å². The Morgan fingerprint density at radius 3 is 2.24 bits per heavy atom. The van der Waals surface area contributed by atoms with Gasteiger partial charge in [-0.3, -0.25) is 4.90 Å². The molecule has 0 saturated carbocycles. The van der Waals surface area contributed by atoms with Crippen LogP contribution in [0.3, 0.4) is 0 Å². The molecule has 0 unspecified atom stereocenters. The molecule has 2 fully saturated rings. The van der Waals surface area contributed by atoms with Gasteiger partial charge in [0.1, 0.15) is 5.82 Å². The number of pyridine rings is 1. The molecule has 0 amide bonds. The summed E-state index contributed by atoms with van der Waals surface area (Å²) in [7, 11) is 0. The summed E-state index contributed by atoms with van der Waals surface area (Å²) in [4.78, 5) is 17.0. The Morgan fingerprint density at radius 1 is 0.868 bits per heavy atom. The van der Waals surface area contributed by atoms with Gasteiger partial charge in [0.25, 0.3) is 0 Å². The van der Waals surface area contributed by atoms with Crippen molar-refractivity contribution in [3.8, 4) is 0 Å². The van der Waals surface area contributed by atoms with Crippen molar-refractivity contribution in [1.82, 2.24) is 25.2 Å². The van der Waals surface area contributed by atoms with E-state index in [1.807, 2.05) is 4.90 Å². The summed E-state index contributed by atoms with van der Waals surface area (Å²) in [5.74, 6) is 0.249. The number of hydrogen-bond donors (Lipinski definition) is 3. The first-order valence-corrected chi connectivity index (χ1v) is 12.4. The van der Waals surface area contributed by atoms with Gasteiger partial charge in [-0.2, -0.15) is 26.3 Å². The van der Waals surface area contributed by atoms with Crippen LogP contribution >= 0.6 is 0 Å². The Kier molecular flexibility index (Phi) is 7.27. The smallest absolute Gasteiger partial charge is 0.383 e. The minimum absolute atomic E-state index is 0.0298. The number of aromatic amines is 1. The highest BCUT2D eigenvalue weighted by molar-refractivity contribution is 5.83. The van der Waals surface area contributed by atoms with E-state index in [0.29, 0.717) is 37.6 Å². The number of benzene rings is 1. The van der Waals surface area contributed by atoms with Crippen LogP contribution in [0.4, 0.5) is 43.8 Å². The predicted molar refractivity (Wildman–Crippen MR) is 133 cm³/mol. The Balaban J connectivity index is 1.30. The molecule has 1 aromatic carbocycles. The quantitative estimate of drug-likeness (QED) is 0.411. The number of rotatable bonds is 6. The fourth-order valence-electron chi connectivity index (χ4n) is 4.86. The molecule has 5 rings (SSSR count). The molecule has 2 aliphatic rings. The molecule has 38 heavy (non-hydrogen) atoms. The first-order valence-electron chi connectivity index (χ1n) is 12.4. The zero-order chi connectivity index (χ0) is 26.9. The van der Waals surface area contributed by atoms with E-state index in [0.717, 1.165) is 38.3 Å². The molecule has 0 radical (unpaired) electrons. The molecule has 0 atom stereocenters. The van der Waals surface area contributed by atoms with Gasteiger partial charge in [0.05, 0.1) is 22.2 Å².